The van der Waals surface area contributed by atoms with Crippen molar-refractivity contribution < 1.29 is 4.79 Å². The van der Waals surface area contributed by atoms with Crippen LogP contribution in [0.15, 0.2) is 43.4 Å². The first-order valence-electron chi connectivity index (χ1n) is 8.91. The van der Waals surface area contributed by atoms with Crippen LogP contribution in [0.1, 0.15) is 12.8 Å². The van der Waals surface area contributed by atoms with Crippen molar-refractivity contribution in [1.82, 2.24) is 29.3 Å². The van der Waals surface area contributed by atoms with Crippen molar-refractivity contribution >= 4 is 28.9 Å². The molecule has 27 heavy (non-hydrogen) atoms. The monoisotopic (exact) mass is 366 g/mol. The molecule has 0 aromatic carbocycles. The van der Waals surface area contributed by atoms with Gasteiger partial charge in [-0.2, -0.15) is 10.1 Å². The molecule has 1 aliphatic heterocycles. The highest BCUT2D eigenvalue weighted by Crippen LogP contribution is 2.22. The molecule has 1 saturated heterocycles. The molecule has 1 atom stereocenters. The third kappa shape index (κ3) is 3.62. The molecule has 140 valence electrons. The molecule has 2 N–H and O–H groups in total. The van der Waals surface area contributed by atoms with Gasteiger partial charge in [0.05, 0.1) is 11.9 Å². The molecule has 0 unspecified atom stereocenters. The number of amides is 1. The minimum Gasteiger partial charge on any atom is -0.364 e. The average molecular weight is 366 g/mol. The summed E-state index contributed by atoms with van der Waals surface area (Å²) in [5.74, 6) is 1.18. The number of carbonyl (C=O) groups is 1. The Labute approximate surface area is 156 Å². The predicted molar refractivity (Wildman–Crippen MR) is 103 cm³/mol. The highest BCUT2D eigenvalue weighted by molar-refractivity contribution is 5.87. The van der Waals surface area contributed by atoms with Crippen molar-refractivity contribution in [3.05, 3.63) is 43.4 Å². The van der Waals surface area contributed by atoms with E-state index in [-0.39, 0.29) is 11.9 Å². The summed E-state index contributed by atoms with van der Waals surface area (Å²) in [6, 6.07) is 4.02. The lowest BCUT2D eigenvalue weighted by molar-refractivity contribution is -0.127. The zero-order chi connectivity index (χ0) is 18.8. The maximum absolute atomic E-state index is 11.9. The van der Waals surface area contributed by atoms with Gasteiger partial charge in [-0.05, 0) is 31.1 Å². The molecule has 4 heterocycles. The number of hydrogen-bond donors (Lipinski definition) is 2. The van der Waals surface area contributed by atoms with Gasteiger partial charge >= 0.3 is 0 Å². The molecule has 9 nitrogen and oxygen atoms in total. The van der Waals surface area contributed by atoms with Gasteiger partial charge in [-0.15, -0.1) is 5.10 Å². The quantitative estimate of drug-likeness (QED) is 0.669. The Hall–Kier alpha value is -3.36. The summed E-state index contributed by atoms with van der Waals surface area (Å²) in [7, 11) is 1.85. The van der Waals surface area contributed by atoms with Gasteiger partial charge in [0, 0.05) is 38.6 Å². The van der Waals surface area contributed by atoms with Crippen molar-refractivity contribution in [3.8, 4) is 0 Å². The molecule has 0 saturated carbocycles. The van der Waals surface area contributed by atoms with Crippen LogP contribution in [0.2, 0.25) is 0 Å². The van der Waals surface area contributed by atoms with E-state index in [2.05, 4.69) is 32.4 Å². The van der Waals surface area contributed by atoms with E-state index in [1.807, 2.05) is 36.5 Å². The van der Waals surface area contributed by atoms with Gasteiger partial charge in [0.2, 0.25) is 11.9 Å². The molecular weight excluding hydrogens is 344 g/mol. The van der Waals surface area contributed by atoms with E-state index in [0.29, 0.717) is 12.5 Å². The van der Waals surface area contributed by atoms with Gasteiger partial charge < -0.3 is 15.5 Å². The topological polar surface area (TPSA) is 92.4 Å². The first-order valence-corrected chi connectivity index (χ1v) is 8.91. The van der Waals surface area contributed by atoms with Crippen LogP contribution < -0.4 is 10.6 Å². The molecule has 0 spiro atoms. The highest BCUT2D eigenvalue weighted by atomic mass is 16.2. The minimum absolute atomic E-state index is 0.0315. The second-order valence-electron chi connectivity index (χ2n) is 6.62. The standard InChI is InChI=1S/C18H22N8O/c1-3-16(27)25-8-4-6-13(12-25)20-17-15-7-5-9-26(15)23-18(22-17)21-14-10-19-24(2)11-14/h3,5,7,9-11,13H,1,4,6,8,12H2,2H3,(H2,20,21,22,23)/t13-/m1/s1. The summed E-state index contributed by atoms with van der Waals surface area (Å²) >= 11 is 0. The molecule has 4 rings (SSSR count). The average Bonchev–Trinajstić information content (AvgIpc) is 3.30. The summed E-state index contributed by atoms with van der Waals surface area (Å²) in [5, 5.41) is 15.3. The number of likely N-dealkylation sites (tertiary alicyclic amines) is 1. The van der Waals surface area contributed by atoms with Crippen LogP contribution in [-0.2, 0) is 11.8 Å². The van der Waals surface area contributed by atoms with Crippen molar-refractivity contribution in [3.63, 3.8) is 0 Å². The van der Waals surface area contributed by atoms with Gasteiger partial charge in [0.1, 0.15) is 5.52 Å². The van der Waals surface area contributed by atoms with Crippen molar-refractivity contribution in [2.24, 2.45) is 7.05 Å². The molecule has 0 radical (unpaired) electrons. The summed E-state index contributed by atoms with van der Waals surface area (Å²) in [6.07, 6.45) is 8.75. The summed E-state index contributed by atoms with van der Waals surface area (Å²) in [6.45, 7) is 4.98. The number of piperidine rings is 1. The molecule has 1 amide bonds. The number of aryl methyl sites for hydroxylation is 1. The van der Waals surface area contributed by atoms with Crippen molar-refractivity contribution in [2.45, 2.75) is 18.9 Å². The number of nitrogens with zero attached hydrogens (tertiary/aromatic N) is 6. The second kappa shape index (κ2) is 7.10. The number of aromatic nitrogens is 5. The fourth-order valence-electron chi connectivity index (χ4n) is 3.33. The Morgan fingerprint density at radius 2 is 2.33 bits per heavy atom. The fraction of sp³-hybridized carbons (Fsp3) is 0.333. The van der Waals surface area contributed by atoms with Crippen LogP contribution in [0.4, 0.5) is 17.5 Å². The number of nitrogens with one attached hydrogen (secondary N) is 2. The third-order valence-corrected chi connectivity index (χ3v) is 4.60. The van der Waals surface area contributed by atoms with E-state index in [9.17, 15) is 4.79 Å². The number of rotatable bonds is 5. The maximum Gasteiger partial charge on any atom is 0.247 e. The van der Waals surface area contributed by atoms with Crippen LogP contribution in [0.25, 0.3) is 5.52 Å². The van der Waals surface area contributed by atoms with Gasteiger partial charge in [-0.1, -0.05) is 6.58 Å². The number of fused-ring (bicyclic) bond motifs is 1. The molecular formula is C18H22N8O. The summed E-state index contributed by atoms with van der Waals surface area (Å²) in [4.78, 5) is 18.4. The SMILES string of the molecule is C=CC(=O)N1CCC[C@@H](Nc2nc(Nc3cnn(C)c3)nn3cccc23)C1. The molecule has 1 aliphatic rings. The zero-order valence-corrected chi connectivity index (χ0v) is 15.2. The van der Waals surface area contributed by atoms with E-state index in [1.165, 1.54) is 6.08 Å². The minimum atomic E-state index is -0.0315. The number of carbonyl (C=O) groups excluding carboxylic acids is 1. The van der Waals surface area contributed by atoms with Gasteiger partial charge in [-0.3, -0.25) is 9.48 Å². The first-order chi connectivity index (χ1) is 13.1. The van der Waals surface area contributed by atoms with Gasteiger partial charge in [-0.25, -0.2) is 4.52 Å². The van der Waals surface area contributed by atoms with Crippen LogP contribution in [0, 0.1) is 0 Å². The predicted octanol–water partition coefficient (Wildman–Crippen LogP) is 1.80. The smallest absolute Gasteiger partial charge is 0.247 e. The molecule has 9 heteroatoms. The van der Waals surface area contributed by atoms with E-state index < -0.39 is 0 Å². The summed E-state index contributed by atoms with van der Waals surface area (Å²) < 4.78 is 3.49. The zero-order valence-electron chi connectivity index (χ0n) is 15.2. The van der Waals surface area contributed by atoms with Gasteiger partial charge in [0.15, 0.2) is 5.82 Å². The maximum atomic E-state index is 11.9. The molecule has 1 fully saturated rings. The fourth-order valence-corrected chi connectivity index (χ4v) is 3.33. The van der Waals surface area contributed by atoms with Crippen molar-refractivity contribution in [1.29, 1.82) is 0 Å². The lowest BCUT2D eigenvalue weighted by atomic mass is 10.1. The highest BCUT2D eigenvalue weighted by Gasteiger charge is 2.23. The molecule has 0 aliphatic carbocycles. The van der Waals surface area contributed by atoms with E-state index in [1.54, 1.807) is 15.4 Å². The lowest BCUT2D eigenvalue weighted by Gasteiger charge is -2.32. The van der Waals surface area contributed by atoms with Crippen LogP contribution >= 0.6 is 0 Å². The van der Waals surface area contributed by atoms with E-state index in [0.717, 1.165) is 36.4 Å². The molecule has 3 aromatic heterocycles. The molecule has 3 aromatic rings. The normalized spacial score (nSPS) is 17.1. The Bertz CT molecular complexity index is 975. The van der Waals surface area contributed by atoms with Crippen LogP contribution in [0.3, 0.4) is 0 Å². The Kier molecular flexibility index (Phi) is 4.49. The van der Waals surface area contributed by atoms with E-state index >= 15 is 0 Å². The number of hydrogen-bond acceptors (Lipinski definition) is 6. The lowest BCUT2D eigenvalue weighted by Crippen LogP contribution is -2.44. The van der Waals surface area contributed by atoms with Crippen molar-refractivity contribution in [2.75, 3.05) is 23.7 Å². The largest absolute Gasteiger partial charge is 0.364 e. The van der Waals surface area contributed by atoms with Crippen LogP contribution in [-0.4, -0.2) is 54.3 Å². The van der Waals surface area contributed by atoms with Gasteiger partial charge in [0.25, 0.3) is 0 Å². The summed E-state index contributed by atoms with van der Waals surface area (Å²) in [5.41, 5.74) is 1.70. The van der Waals surface area contributed by atoms with E-state index in [4.69, 9.17) is 0 Å². The Morgan fingerprint density at radius 3 is 3.11 bits per heavy atom. The van der Waals surface area contributed by atoms with Crippen LogP contribution in [0.5, 0.6) is 0 Å². The molecule has 0 bridgehead atoms. The first kappa shape index (κ1) is 17.1. The second-order valence-corrected chi connectivity index (χ2v) is 6.62. The Morgan fingerprint density at radius 1 is 1.44 bits per heavy atom. The third-order valence-electron chi connectivity index (χ3n) is 4.60. The number of anilines is 3. The Balaban J connectivity index is 1.57.